The molecule has 0 aromatic heterocycles. The Morgan fingerprint density at radius 2 is 0.875 bits per heavy atom. The molecule has 0 N–H and O–H groups in total. The van der Waals surface area contributed by atoms with Gasteiger partial charge in [-0.05, 0) is 110 Å². The van der Waals surface area contributed by atoms with Crippen molar-refractivity contribution in [2.45, 2.75) is 38.8 Å². The lowest BCUT2D eigenvalue weighted by Crippen LogP contribution is -2.10. The maximum Gasteiger partial charge on any atom is 0.0233 e. The van der Waals surface area contributed by atoms with Gasteiger partial charge in [-0.1, -0.05) is 60.7 Å². The fraction of sp³-hybridized carbons (Fsp3) is 0.333. The van der Waals surface area contributed by atoms with Crippen LogP contribution < -0.4 is 0 Å². The molecule has 0 aromatic rings. The van der Waals surface area contributed by atoms with Crippen molar-refractivity contribution in [3.05, 3.63) is 94.0 Å². The lowest BCUT2D eigenvalue weighted by Gasteiger charge is -2.09. The molecular weight excluding hydrogens is 388 g/mol. The minimum Gasteiger partial charge on any atom is -0.305 e. The Hall–Kier alpha value is -2.68. The predicted octanol–water partition coefficient (Wildman–Crippen LogP) is 5.90. The molecule has 164 valence electrons. The molecular formula is C30H34N2. The molecule has 32 heavy (non-hydrogen) atoms. The van der Waals surface area contributed by atoms with Crippen LogP contribution in [0.25, 0.3) is 22.3 Å². The summed E-state index contributed by atoms with van der Waals surface area (Å²) in [7, 11) is 8.65. The SMILES string of the molecule is CN(C)Cc1cc2c3ccc(ccc1-3)CCc1ccc3c(cc(CN(C)C)c-3cc1)CC2. The third-order valence-electron chi connectivity index (χ3n) is 6.86. The minimum atomic E-state index is 0.985. The van der Waals surface area contributed by atoms with Gasteiger partial charge in [-0.15, -0.1) is 0 Å². The van der Waals surface area contributed by atoms with Gasteiger partial charge in [-0.2, -0.15) is 0 Å². The van der Waals surface area contributed by atoms with Crippen molar-refractivity contribution in [2.24, 2.45) is 0 Å². The number of hydrogen-bond donors (Lipinski definition) is 0. The fourth-order valence-corrected chi connectivity index (χ4v) is 5.33. The summed E-state index contributed by atoms with van der Waals surface area (Å²) in [5, 5.41) is 0. The van der Waals surface area contributed by atoms with E-state index in [1.54, 1.807) is 0 Å². The summed E-state index contributed by atoms with van der Waals surface area (Å²) in [6.45, 7) is 1.97. The molecule has 0 aliphatic heterocycles. The third kappa shape index (κ3) is 4.18. The quantitative estimate of drug-likeness (QED) is 0.404. The average molecular weight is 423 g/mol. The van der Waals surface area contributed by atoms with Crippen LogP contribution in [0.4, 0.5) is 0 Å². The van der Waals surface area contributed by atoms with Gasteiger partial charge < -0.3 is 9.80 Å². The summed E-state index contributed by atoms with van der Waals surface area (Å²) in [6, 6.07) is 23.8. The van der Waals surface area contributed by atoms with Crippen molar-refractivity contribution in [1.82, 2.24) is 9.80 Å². The first kappa shape index (κ1) is 21.2. The number of nitrogens with zero attached hydrogens (tertiary/aromatic N) is 2. The second-order valence-electron chi connectivity index (χ2n) is 10.0. The molecule has 5 rings (SSSR count). The van der Waals surface area contributed by atoms with Gasteiger partial charge in [-0.25, -0.2) is 0 Å². The fourth-order valence-electron chi connectivity index (χ4n) is 5.33. The first-order valence-electron chi connectivity index (χ1n) is 11.8. The maximum atomic E-state index is 2.46. The molecule has 0 spiro atoms. The Morgan fingerprint density at radius 1 is 0.500 bits per heavy atom. The average Bonchev–Trinajstić information content (AvgIpc) is 3.02. The highest BCUT2D eigenvalue weighted by Crippen LogP contribution is 2.37. The smallest absolute Gasteiger partial charge is 0.0233 e. The molecule has 0 atom stereocenters. The summed E-state index contributed by atoms with van der Waals surface area (Å²) in [5.41, 5.74) is 14.4. The van der Waals surface area contributed by atoms with Crippen LogP contribution >= 0.6 is 0 Å². The zero-order valence-corrected chi connectivity index (χ0v) is 19.9. The van der Waals surface area contributed by atoms with Crippen molar-refractivity contribution in [1.29, 1.82) is 0 Å². The number of rotatable bonds is 4. The van der Waals surface area contributed by atoms with Crippen molar-refractivity contribution in [3.8, 4) is 22.3 Å². The van der Waals surface area contributed by atoms with E-state index in [1.807, 2.05) is 0 Å². The predicted molar refractivity (Wildman–Crippen MR) is 136 cm³/mol. The molecule has 0 saturated heterocycles. The van der Waals surface area contributed by atoms with E-state index >= 15 is 0 Å². The van der Waals surface area contributed by atoms with Crippen LogP contribution in [0.2, 0.25) is 0 Å². The van der Waals surface area contributed by atoms with Crippen molar-refractivity contribution in [3.63, 3.8) is 0 Å². The van der Waals surface area contributed by atoms with E-state index in [1.165, 1.54) is 55.6 Å². The van der Waals surface area contributed by atoms with Gasteiger partial charge >= 0.3 is 0 Å². The molecule has 0 amide bonds. The topological polar surface area (TPSA) is 6.48 Å². The zero-order valence-electron chi connectivity index (χ0n) is 19.9. The minimum absolute atomic E-state index is 0.985. The molecule has 5 aliphatic rings. The van der Waals surface area contributed by atoms with E-state index in [-0.39, 0.29) is 0 Å². The highest BCUT2D eigenvalue weighted by Gasteiger charge is 2.19. The zero-order chi connectivity index (χ0) is 22.2. The van der Waals surface area contributed by atoms with E-state index in [0.29, 0.717) is 0 Å². The van der Waals surface area contributed by atoms with E-state index in [9.17, 15) is 0 Å². The summed E-state index contributed by atoms with van der Waals surface area (Å²) in [5.74, 6) is 0. The van der Waals surface area contributed by atoms with Gasteiger partial charge in [0.05, 0.1) is 0 Å². The first-order valence-corrected chi connectivity index (χ1v) is 11.8. The van der Waals surface area contributed by atoms with Crippen LogP contribution in [0.3, 0.4) is 0 Å². The number of aryl methyl sites for hydroxylation is 4. The molecule has 4 bridgehead atoms. The second-order valence-corrected chi connectivity index (χ2v) is 10.0. The van der Waals surface area contributed by atoms with Gasteiger partial charge in [-0.3, -0.25) is 0 Å². The Bertz CT molecular complexity index is 1090. The lowest BCUT2D eigenvalue weighted by atomic mass is 10.00. The van der Waals surface area contributed by atoms with Crippen LogP contribution in [-0.2, 0) is 38.8 Å². The van der Waals surface area contributed by atoms with Crippen LogP contribution in [0, 0.1) is 0 Å². The van der Waals surface area contributed by atoms with Crippen molar-refractivity contribution in [2.75, 3.05) is 28.2 Å². The van der Waals surface area contributed by atoms with Crippen molar-refractivity contribution >= 4 is 0 Å². The molecule has 2 heteroatoms. The van der Waals surface area contributed by atoms with E-state index in [0.717, 1.165) is 38.8 Å². The number of fused-ring (bicyclic) bond motifs is 4. The van der Waals surface area contributed by atoms with Gasteiger partial charge in [0.1, 0.15) is 0 Å². The van der Waals surface area contributed by atoms with Gasteiger partial charge in [0.15, 0.2) is 0 Å². The van der Waals surface area contributed by atoms with Crippen LogP contribution in [0.1, 0.15) is 33.4 Å². The normalized spacial score (nSPS) is 13.9. The first-order chi connectivity index (χ1) is 15.5. The Balaban J connectivity index is 1.64. The van der Waals surface area contributed by atoms with Gasteiger partial charge in [0.2, 0.25) is 0 Å². The summed E-state index contributed by atoms with van der Waals surface area (Å²) in [4.78, 5) is 4.56. The molecule has 0 aromatic carbocycles. The Kier molecular flexibility index (Phi) is 5.75. The van der Waals surface area contributed by atoms with Crippen molar-refractivity contribution < 1.29 is 0 Å². The second kappa shape index (κ2) is 8.69. The molecule has 0 saturated carbocycles. The van der Waals surface area contributed by atoms with E-state index in [4.69, 9.17) is 0 Å². The molecule has 0 unspecified atom stereocenters. The highest BCUT2D eigenvalue weighted by atomic mass is 15.1. The summed E-state index contributed by atoms with van der Waals surface area (Å²) >= 11 is 0. The standard InChI is InChI=1S/C30H34N2/c1-31(2)19-25-17-23-11-12-24-18-26(20-32(3)4)30-16-10-22(8-14-28(24)30)6-5-21-7-13-27(23)29(25)15-9-21/h7-10,13-18H,5-6,11-12,19-20H2,1-4H3. The third-order valence-corrected chi connectivity index (χ3v) is 6.86. The largest absolute Gasteiger partial charge is 0.305 e. The Morgan fingerprint density at radius 3 is 1.25 bits per heavy atom. The van der Waals surface area contributed by atoms with Gasteiger partial charge in [0, 0.05) is 13.1 Å². The molecule has 0 fully saturated rings. The highest BCUT2D eigenvalue weighted by molar-refractivity contribution is 5.77. The lowest BCUT2D eigenvalue weighted by molar-refractivity contribution is 0.403. The monoisotopic (exact) mass is 422 g/mol. The van der Waals surface area contributed by atoms with E-state index in [2.05, 4.69) is 98.7 Å². The molecule has 5 aliphatic carbocycles. The Labute approximate surface area is 193 Å². The maximum absolute atomic E-state index is 2.46. The summed E-state index contributed by atoms with van der Waals surface area (Å²) in [6.07, 6.45) is 4.30. The van der Waals surface area contributed by atoms with Gasteiger partial charge in [0.25, 0.3) is 0 Å². The summed E-state index contributed by atoms with van der Waals surface area (Å²) < 4.78 is 0. The van der Waals surface area contributed by atoms with Crippen LogP contribution in [-0.4, -0.2) is 38.0 Å². The molecule has 2 nitrogen and oxygen atoms in total. The molecule has 0 heterocycles. The molecule has 0 radical (unpaired) electrons. The van der Waals surface area contributed by atoms with Crippen LogP contribution in [0.5, 0.6) is 0 Å². The van der Waals surface area contributed by atoms with E-state index < -0.39 is 0 Å². The van der Waals surface area contributed by atoms with Crippen LogP contribution in [0.15, 0.2) is 60.7 Å². The number of hydrogen-bond acceptors (Lipinski definition) is 2.